The number of hydrogen-bond donors (Lipinski definition) is 1. The molecule has 1 N–H and O–H groups in total. The molecule has 6 heteroatoms. The van der Waals surface area contributed by atoms with E-state index in [4.69, 9.17) is 4.74 Å². The van der Waals surface area contributed by atoms with Gasteiger partial charge < -0.3 is 9.84 Å². The van der Waals surface area contributed by atoms with E-state index in [-0.39, 0.29) is 4.88 Å². The Kier molecular flexibility index (Phi) is 3.84. The molecular formula is C16H12N2O3S. The number of carboxylic acids is 1. The molecule has 22 heavy (non-hydrogen) atoms. The van der Waals surface area contributed by atoms with Crippen LogP contribution in [-0.2, 0) is 0 Å². The van der Waals surface area contributed by atoms with Crippen molar-refractivity contribution in [1.29, 1.82) is 0 Å². The standard InChI is InChI=1S/C16H12N2O3S/c1-21-12-6-2-4-10(8-12)13-14(16(19)20)22-15(18-13)11-5-3-7-17-9-11/h2-9H,1H3,(H,19,20). The molecular weight excluding hydrogens is 300 g/mol. The summed E-state index contributed by atoms with van der Waals surface area (Å²) in [5, 5.41) is 10.1. The molecule has 3 aromatic rings. The number of ether oxygens (including phenoxy) is 1. The molecule has 110 valence electrons. The Morgan fingerprint density at radius 1 is 1.23 bits per heavy atom. The smallest absolute Gasteiger partial charge is 0.348 e. The zero-order valence-corrected chi connectivity index (χ0v) is 12.5. The summed E-state index contributed by atoms with van der Waals surface area (Å²) in [7, 11) is 1.57. The Morgan fingerprint density at radius 2 is 2.05 bits per heavy atom. The summed E-state index contributed by atoms with van der Waals surface area (Å²) in [6.45, 7) is 0. The number of aromatic nitrogens is 2. The number of thiazole rings is 1. The average molecular weight is 312 g/mol. The van der Waals surface area contributed by atoms with Gasteiger partial charge >= 0.3 is 5.97 Å². The Morgan fingerprint density at radius 3 is 2.73 bits per heavy atom. The monoisotopic (exact) mass is 312 g/mol. The number of nitrogens with zero attached hydrogens (tertiary/aromatic N) is 2. The maximum Gasteiger partial charge on any atom is 0.348 e. The summed E-state index contributed by atoms with van der Waals surface area (Å²) in [5.74, 6) is -0.338. The molecule has 0 bridgehead atoms. The van der Waals surface area contributed by atoms with Gasteiger partial charge in [0.2, 0.25) is 0 Å². The van der Waals surface area contributed by atoms with E-state index in [0.717, 1.165) is 16.9 Å². The third-order valence-electron chi connectivity index (χ3n) is 3.07. The number of methoxy groups -OCH3 is 1. The van der Waals surface area contributed by atoms with E-state index in [1.54, 1.807) is 37.7 Å². The van der Waals surface area contributed by atoms with Gasteiger partial charge in [-0.3, -0.25) is 4.98 Å². The molecule has 0 aliphatic rings. The normalized spacial score (nSPS) is 10.4. The van der Waals surface area contributed by atoms with Crippen molar-refractivity contribution in [1.82, 2.24) is 9.97 Å². The van der Waals surface area contributed by atoms with Gasteiger partial charge in [0.05, 0.1) is 12.8 Å². The number of hydrogen-bond acceptors (Lipinski definition) is 5. The van der Waals surface area contributed by atoms with Gasteiger partial charge in [-0.25, -0.2) is 9.78 Å². The van der Waals surface area contributed by atoms with Crippen molar-refractivity contribution in [3.8, 4) is 27.6 Å². The van der Waals surface area contributed by atoms with Crippen molar-refractivity contribution in [2.45, 2.75) is 0 Å². The first kappa shape index (κ1) is 14.2. The Hall–Kier alpha value is -2.73. The van der Waals surface area contributed by atoms with Crippen LogP contribution in [0.15, 0.2) is 48.8 Å². The third kappa shape index (κ3) is 2.68. The quantitative estimate of drug-likeness (QED) is 0.797. The molecule has 5 nitrogen and oxygen atoms in total. The highest BCUT2D eigenvalue weighted by Crippen LogP contribution is 2.34. The molecule has 3 rings (SSSR count). The zero-order valence-electron chi connectivity index (χ0n) is 11.7. The molecule has 0 fully saturated rings. The molecule has 0 unspecified atom stereocenters. The fourth-order valence-electron chi connectivity index (χ4n) is 2.04. The largest absolute Gasteiger partial charge is 0.497 e. The molecule has 0 saturated carbocycles. The Balaban J connectivity index is 2.14. The summed E-state index contributed by atoms with van der Waals surface area (Å²) in [6.07, 6.45) is 3.33. The highest BCUT2D eigenvalue weighted by molar-refractivity contribution is 7.17. The average Bonchev–Trinajstić information content (AvgIpc) is 3.01. The first-order valence-corrected chi connectivity index (χ1v) is 7.29. The third-order valence-corrected chi connectivity index (χ3v) is 4.17. The number of rotatable bonds is 4. The lowest BCUT2D eigenvalue weighted by molar-refractivity contribution is 0.0702. The van der Waals surface area contributed by atoms with Gasteiger partial charge in [0, 0.05) is 23.5 Å². The maximum atomic E-state index is 11.5. The lowest BCUT2D eigenvalue weighted by atomic mass is 10.1. The van der Waals surface area contributed by atoms with Crippen molar-refractivity contribution in [2.75, 3.05) is 7.11 Å². The predicted octanol–water partition coefficient (Wildman–Crippen LogP) is 3.58. The van der Waals surface area contributed by atoms with Crippen molar-refractivity contribution in [3.05, 3.63) is 53.7 Å². The van der Waals surface area contributed by atoms with E-state index in [9.17, 15) is 9.90 Å². The number of carboxylic acid groups (broad SMARTS) is 1. The molecule has 0 spiro atoms. The summed E-state index contributed by atoms with van der Waals surface area (Å²) in [4.78, 5) is 20.3. The lowest BCUT2D eigenvalue weighted by Crippen LogP contribution is -1.95. The lowest BCUT2D eigenvalue weighted by Gasteiger charge is -2.02. The highest BCUT2D eigenvalue weighted by atomic mass is 32.1. The van der Waals surface area contributed by atoms with Crippen molar-refractivity contribution in [3.63, 3.8) is 0 Å². The van der Waals surface area contributed by atoms with E-state index in [2.05, 4.69) is 9.97 Å². The minimum absolute atomic E-state index is 0.201. The molecule has 0 radical (unpaired) electrons. The van der Waals surface area contributed by atoms with Crippen molar-refractivity contribution < 1.29 is 14.6 Å². The topological polar surface area (TPSA) is 72.3 Å². The van der Waals surface area contributed by atoms with Crippen LogP contribution in [0.3, 0.4) is 0 Å². The van der Waals surface area contributed by atoms with Gasteiger partial charge in [0.15, 0.2) is 0 Å². The molecule has 1 aromatic carbocycles. The number of carbonyl (C=O) groups is 1. The molecule has 0 amide bonds. The summed E-state index contributed by atoms with van der Waals surface area (Å²) >= 11 is 1.14. The maximum absolute atomic E-state index is 11.5. The first-order valence-electron chi connectivity index (χ1n) is 6.48. The molecule has 0 aliphatic carbocycles. The fraction of sp³-hybridized carbons (Fsp3) is 0.0625. The van der Waals surface area contributed by atoms with Gasteiger partial charge in [-0.2, -0.15) is 0 Å². The van der Waals surface area contributed by atoms with E-state index in [0.29, 0.717) is 22.0 Å². The Labute approximate surface area is 130 Å². The summed E-state index contributed by atoms with van der Waals surface area (Å²) in [5.41, 5.74) is 1.95. The van der Waals surface area contributed by atoms with Crippen LogP contribution in [0.25, 0.3) is 21.8 Å². The molecule has 0 saturated heterocycles. The van der Waals surface area contributed by atoms with Crippen LogP contribution in [-0.4, -0.2) is 28.2 Å². The summed E-state index contributed by atoms with van der Waals surface area (Å²) in [6, 6.07) is 10.8. The second-order valence-corrected chi connectivity index (χ2v) is 5.47. The van der Waals surface area contributed by atoms with E-state index < -0.39 is 5.97 Å². The predicted molar refractivity (Wildman–Crippen MR) is 84.3 cm³/mol. The first-order chi connectivity index (χ1) is 10.7. The SMILES string of the molecule is COc1cccc(-c2nc(-c3cccnc3)sc2C(=O)O)c1. The van der Waals surface area contributed by atoms with Gasteiger partial charge in [-0.05, 0) is 24.3 Å². The number of benzene rings is 1. The highest BCUT2D eigenvalue weighted by Gasteiger charge is 2.20. The second-order valence-electron chi connectivity index (χ2n) is 4.48. The van der Waals surface area contributed by atoms with Crippen LogP contribution in [0.5, 0.6) is 5.75 Å². The number of pyridine rings is 1. The minimum Gasteiger partial charge on any atom is -0.497 e. The van der Waals surface area contributed by atoms with Crippen molar-refractivity contribution >= 4 is 17.3 Å². The van der Waals surface area contributed by atoms with Crippen LogP contribution in [0.2, 0.25) is 0 Å². The molecule has 2 heterocycles. The van der Waals surface area contributed by atoms with Gasteiger partial charge in [-0.1, -0.05) is 12.1 Å². The summed E-state index contributed by atoms with van der Waals surface area (Å²) < 4.78 is 5.19. The molecule has 0 atom stereocenters. The van der Waals surface area contributed by atoms with E-state index in [1.165, 1.54) is 0 Å². The zero-order chi connectivity index (χ0) is 15.5. The second kappa shape index (κ2) is 5.95. The van der Waals surface area contributed by atoms with Gasteiger partial charge in [0.25, 0.3) is 0 Å². The number of aromatic carboxylic acids is 1. The van der Waals surface area contributed by atoms with Crippen LogP contribution in [0.1, 0.15) is 9.67 Å². The van der Waals surface area contributed by atoms with Crippen LogP contribution in [0.4, 0.5) is 0 Å². The minimum atomic E-state index is -0.995. The van der Waals surface area contributed by atoms with Crippen LogP contribution in [0, 0.1) is 0 Å². The van der Waals surface area contributed by atoms with Crippen LogP contribution >= 0.6 is 11.3 Å². The van der Waals surface area contributed by atoms with Crippen LogP contribution < -0.4 is 4.74 Å². The van der Waals surface area contributed by atoms with Gasteiger partial charge in [0.1, 0.15) is 15.6 Å². The van der Waals surface area contributed by atoms with Crippen molar-refractivity contribution in [2.24, 2.45) is 0 Å². The molecule has 2 aromatic heterocycles. The Bertz CT molecular complexity index is 815. The molecule has 0 aliphatic heterocycles. The fourth-order valence-corrected chi connectivity index (χ4v) is 2.96. The van der Waals surface area contributed by atoms with E-state index >= 15 is 0 Å². The van der Waals surface area contributed by atoms with E-state index in [1.807, 2.05) is 18.2 Å². The van der Waals surface area contributed by atoms with Gasteiger partial charge in [-0.15, -0.1) is 11.3 Å².